The minimum absolute atomic E-state index is 0.0979. The molecule has 3 N–H and O–H groups in total. The van der Waals surface area contributed by atoms with E-state index in [9.17, 15) is 4.79 Å². The smallest absolute Gasteiger partial charge is 0.304 e. The molecule has 0 heterocycles. The molecule has 0 aromatic heterocycles. The van der Waals surface area contributed by atoms with E-state index in [1.807, 2.05) is 6.07 Å². The lowest BCUT2D eigenvalue weighted by molar-refractivity contribution is -0.137. The van der Waals surface area contributed by atoms with Gasteiger partial charge in [0, 0.05) is 6.04 Å². The number of benzene rings is 1. The molecule has 0 aliphatic heterocycles. The Morgan fingerprint density at radius 2 is 1.83 bits per heavy atom. The monoisotopic (exact) mass is 247 g/mol. The second kappa shape index (κ2) is 6.01. The van der Waals surface area contributed by atoms with Crippen LogP contribution < -0.4 is 5.73 Å². The first-order chi connectivity index (χ1) is 8.66. The Balaban J connectivity index is 1.86. The van der Waals surface area contributed by atoms with Crippen LogP contribution in [-0.2, 0) is 4.79 Å². The number of carbonyl (C=O) groups is 1. The van der Waals surface area contributed by atoms with E-state index in [0.717, 1.165) is 25.7 Å². The molecule has 3 nitrogen and oxygen atoms in total. The van der Waals surface area contributed by atoms with Crippen LogP contribution in [0.3, 0.4) is 0 Å². The molecule has 0 spiro atoms. The zero-order chi connectivity index (χ0) is 13.0. The molecule has 0 saturated heterocycles. The number of carboxylic acids is 1. The summed E-state index contributed by atoms with van der Waals surface area (Å²) in [5, 5.41) is 8.76. The second-order valence-corrected chi connectivity index (χ2v) is 5.28. The molecule has 3 heteroatoms. The number of rotatable bonds is 4. The van der Waals surface area contributed by atoms with Crippen molar-refractivity contribution in [3.05, 3.63) is 35.9 Å². The second-order valence-electron chi connectivity index (χ2n) is 5.28. The molecule has 1 unspecified atom stereocenters. The Bertz CT molecular complexity index is 383. The summed E-state index contributed by atoms with van der Waals surface area (Å²) in [5.74, 6) is 0.216. The molecule has 98 valence electrons. The van der Waals surface area contributed by atoms with Gasteiger partial charge in [-0.05, 0) is 43.1 Å². The topological polar surface area (TPSA) is 63.3 Å². The van der Waals surface area contributed by atoms with Crippen molar-refractivity contribution in [1.29, 1.82) is 0 Å². The van der Waals surface area contributed by atoms with Gasteiger partial charge in [0.2, 0.25) is 0 Å². The third-order valence-corrected chi connectivity index (χ3v) is 4.06. The minimum Gasteiger partial charge on any atom is -0.481 e. The predicted molar refractivity (Wildman–Crippen MR) is 71.4 cm³/mol. The maximum absolute atomic E-state index is 10.7. The molecule has 1 saturated carbocycles. The molecule has 1 aromatic rings. The first-order valence-electron chi connectivity index (χ1n) is 6.69. The molecule has 1 fully saturated rings. The van der Waals surface area contributed by atoms with Crippen LogP contribution in [0.25, 0.3) is 0 Å². The third-order valence-electron chi connectivity index (χ3n) is 4.06. The Kier molecular flexibility index (Phi) is 4.37. The summed E-state index contributed by atoms with van der Waals surface area (Å²) in [4.78, 5) is 10.7. The lowest BCUT2D eigenvalue weighted by Crippen LogP contribution is -2.34. The van der Waals surface area contributed by atoms with Crippen molar-refractivity contribution in [1.82, 2.24) is 0 Å². The van der Waals surface area contributed by atoms with Gasteiger partial charge < -0.3 is 10.8 Å². The first kappa shape index (κ1) is 13.1. The molecule has 0 radical (unpaired) electrons. The van der Waals surface area contributed by atoms with Gasteiger partial charge in [0.25, 0.3) is 0 Å². The molecule has 1 aliphatic carbocycles. The number of nitrogens with two attached hydrogens (primary N) is 1. The van der Waals surface area contributed by atoms with E-state index in [4.69, 9.17) is 10.8 Å². The number of hydrogen-bond donors (Lipinski definition) is 2. The molecular weight excluding hydrogens is 226 g/mol. The van der Waals surface area contributed by atoms with Crippen LogP contribution in [0.4, 0.5) is 0 Å². The average Bonchev–Trinajstić information content (AvgIpc) is 2.39. The summed E-state index contributed by atoms with van der Waals surface area (Å²) in [6.45, 7) is 0. The van der Waals surface area contributed by atoms with Crippen molar-refractivity contribution < 1.29 is 9.90 Å². The lowest BCUT2D eigenvalue weighted by Gasteiger charge is -2.31. The number of hydrogen-bond acceptors (Lipinski definition) is 2. The van der Waals surface area contributed by atoms with Gasteiger partial charge in [-0.2, -0.15) is 0 Å². The van der Waals surface area contributed by atoms with E-state index in [-0.39, 0.29) is 12.5 Å². The zero-order valence-corrected chi connectivity index (χ0v) is 10.6. The first-order valence-corrected chi connectivity index (χ1v) is 6.69. The van der Waals surface area contributed by atoms with E-state index in [0.29, 0.717) is 11.8 Å². The summed E-state index contributed by atoms with van der Waals surface area (Å²) in [6.07, 6.45) is 4.45. The van der Waals surface area contributed by atoms with E-state index in [1.165, 1.54) is 5.56 Å². The fraction of sp³-hybridized carbons (Fsp3) is 0.533. The Morgan fingerprint density at radius 1 is 1.22 bits per heavy atom. The maximum Gasteiger partial charge on any atom is 0.304 e. The molecular formula is C15H21NO2. The van der Waals surface area contributed by atoms with Gasteiger partial charge in [-0.25, -0.2) is 0 Å². The normalized spacial score (nSPS) is 25.6. The quantitative estimate of drug-likeness (QED) is 0.860. The van der Waals surface area contributed by atoms with Gasteiger partial charge in [0.05, 0.1) is 6.42 Å². The fourth-order valence-corrected chi connectivity index (χ4v) is 2.97. The number of carboxylic acid groups (broad SMARTS) is 1. The molecule has 18 heavy (non-hydrogen) atoms. The average molecular weight is 247 g/mol. The van der Waals surface area contributed by atoms with Crippen LogP contribution in [0.15, 0.2) is 30.3 Å². The lowest BCUT2D eigenvalue weighted by atomic mass is 9.75. The van der Waals surface area contributed by atoms with Crippen LogP contribution in [0.1, 0.15) is 43.6 Å². The van der Waals surface area contributed by atoms with E-state index >= 15 is 0 Å². The summed E-state index contributed by atoms with van der Waals surface area (Å²) < 4.78 is 0. The van der Waals surface area contributed by atoms with E-state index < -0.39 is 5.97 Å². The summed E-state index contributed by atoms with van der Waals surface area (Å²) >= 11 is 0. The maximum atomic E-state index is 10.7. The Morgan fingerprint density at radius 3 is 2.39 bits per heavy atom. The minimum atomic E-state index is -0.785. The molecule has 1 aliphatic rings. The molecule has 1 atom stereocenters. The van der Waals surface area contributed by atoms with E-state index in [1.54, 1.807) is 0 Å². The van der Waals surface area contributed by atoms with Gasteiger partial charge in [0.1, 0.15) is 0 Å². The van der Waals surface area contributed by atoms with Gasteiger partial charge in [-0.3, -0.25) is 4.79 Å². The highest BCUT2D eigenvalue weighted by atomic mass is 16.4. The predicted octanol–water partition coefficient (Wildman–Crippen LogP) is 2.76. The van der Waals surface area contributed by atoms with Crippen LogP contribution in [0.2, 0.25) is 0 Å². The summed E-state index contributed by atoms with van der Waals surface area (Å²) in [7, 11) is 0. The molecule has 0 amide bonds. The number of aliphatic carboxylic acids is 1. The van der Waals surface area contributed by atoms with Crippen LogP contribution in [-0.4, -0.2) is 17.1 Å². The zero-order valence-electron chi connectivity index (χ0n) is 10.6. The highest BCUT2D eigenvalue weighted by molar-refractivity contribution is 5.67. The molecule has 1 aromatic carbocycles. The van der Waals surface area contributed by atoms with Crippen molar-refractivity contribution >= 4 is 5.97 Å². The van der Waals surface area contributed by atoms with Crippen LogP contribution >= 0.6 is 0 Å². The van der Waals surface area contributed by atoms with Crippen molar-refractivity contribution in [2.75, 3.05) is 0 Å². The standard InChI is InChI=1S/C15H21NO2/c16-14(10-15(17)18)13-8-6-12(7-9-13)11-4-2-1-3-5-11/h1-5,12-14H,6-10,16H2,(H,17,18). The highest BCUT2D eigenvalue weighted by Gasteiger charge is 2.27. The van der Waals surface area contributed by atoms with Gasteiger partial charge in [0.15, 0.2) is 0 Å². The third kappa shape index (κ3) is 3.33. The largest absolute Gasteiger partial charge is 0.481 e. The van der Waals surface area contributed by atoms with Crippen LogP contribution in [0.5, 0.6) is 0 Å². The van der Waals surface area contributed by atoms with Crippen LogP contribution in [0, 0.1) is 5.92 Å². The van der Waals surface area contributed by atoms with Crippen molar-refractivity contribution in [2.24, 2.45) is 11.7 Å². The van der Waals surface area contributed by atoms with Gasteiger partial charge in [-0.1, -0.05) is 30.3 Å². The summed E-state index contributed by atoms with van der Waals surface area (Å²) in [5.41, 5.74) is 7.36. The molecule has 2 rings (SSSR count). The highest BCUT2D eigenvalue weighted by Crippen LogP contribution is 2.36. The Hall–Kier alpha value is -1.35. The summed E-state index contributed by atoms with van der Waals surface area (Å²) in [6, 6.07) is 10.4. The SMILES string of the molecule is NC(CC(=O)O)C1CCC(c2ccccc2)CC1. The Labute approximate surface area is 108 Å². The van der Waals surface area contributed by atoms with Crippen molar-refractivity contribution in [2.45, 2.75) is 44.1 Å². The molecule has 0 bridgehead atoms. The van der Waals surface area contributed by atoms with Crippen molar-refractivity contribution in [3.8, 4) is 0 Å². The van der Waals surface area contributed by atoms with Gasteiger partial charge >= 0.3 is 5.97 Å². The van der Waals surface area contributed by atoms with E-state index in [2.05, 4.69) is 24.3 Å². The van der Waals surface area contributed by atoms with Crippen molar-refractivity contribution in [3.63, 3.8) is 0 Å². The van der Waals surface area contributed by atoms with Gasteiger partial charge in [-0.15, -0.1) is 0 Å². The fourth-order valence-electron chi connectivity index (χ4n) is 2.97.